The molecule has 0 aromatic heterocycles. The van der Waals surface area contributed by atoms with Gasteiger partial charge in [-0.2, -0.15) is 0 Å². The molecule has 0 fully saturated rings. The molecule has 3 rings (SSSR count). The molecule has 2 aromatic carbocycles. The van der Waals surface area contributed by atoms with Crippen LogP contribution in [0.2, 0.25) is 0 Å². The number of hydrogen-bond acceptors (Lipinski definition) is 7. The zero-order valence-electron chi connectivity index (χ0n) is 15.8. The molecule has 0 atom stereocenters. The Labute approximate surface area is 168 Å². The summed E-state index contributed by atoms with van der Waals surface area (Å²) in [5.41, 5.74) is 1.59. The van der Waals surface area contributed by atoms with E-state index in [1.807, 2.05) is 0 Å². The summed E-state index contributed by atoms with van der Waals surface area (Å²) < 4.78 is 36.3. The molecule has 0 bridgehead atoms. The summed E-state index contributed by atoms with van der Waals surface area (Å²) in [4.78, 5) is 27.9. The molecule has 1 aliphatic rings. The molecule has 0 unspecified atom stereocenters. The van der Waals surface area contributed by atoms with Gasteiger partial charge in [-0.1, -0.05) is 24.3 Å². The second-order valence-electron chi connectivity index (χ2n) is 6.29. The van der Waals surface area contributed by atoms with Crippen molar-refractivity contribution in [1.82, 2.24) is 4.72 Å². The van der Waals surface area contributed by atoms with E-state index in [0.29, 0.717) is 23.1 Å². The van der Waals surface area contributed by atoms with Gasteiger partial charge in [-0.25, -0.2) is 13.2 Å². The monoisotopic (exact) mass is 416 g/mol. The third-order valence-corrected chi connectivity index (χ3v) is 5.62. The highest BCUT2D eigenvalue weighted by Crippen LogP contribution is 2.22. The molecule has 9 heteroatoms. The highest BCUT2D eigenvalue weighted by molar-refractivity contribution is 7.90. The summed E-state index contributed by atoms with van der Waals surface area (Å²) in [7, 11) is -2.27. The van der Waals surface area contributed by atoms with Gasteiger partial charge in [-0.15, -0.1) is 0 Å². The highest BCUT2D eigenvalue weighted by atomic mass is 32.2. The maximum absolute atomic E-state index is 12.0. The van der Waals surface area contributed by atoms with Crippen LogP contribution in [0.15, 0.2) is 58.4 Å². The fourth-order valence-corrected chi connectivity index (χ4v) is 4.06. The summed E-state index contributed by atoms with van der Waals surface area (Å²) in [5.74, 6) is -0.573. The summed E-state index contributed by atoms with van der Waals surface area (Å²) in [6, 6.07) is 13.2. The average Bonchev–Trinajstić information content (AvgIpc) is 2.99. The van der Waals surface area contributed by atoms with Gasteiger partial charge >= 0.3 is 11.9 Å². The Kier molecular flexibility index (Phi) is 6.28. The smallest absolute Gasteiger partial charge is 0.337 e. The fraction of sp³-hybridized carbons (Fsp3) is 0.250. The van der Waals surface area contributed by atoms with Gasteiger partial charge in [0.25, 0.3) is 10.0 Å². The van der Waals surface area contributed by atoms with E-state index in [-0.39, 0.29) is 30.3 Å². The van der Waals surface area contributed by atoms with Gasteiger partial charge in [0.15, 0.2) is 0 Å². The van der Waals surface area contributed by atoms with Gasteiger partial charge in [0.2, 0.25) is 0 Å². The summed E-state index contributed by atoms with van der Waals surface area (Å²) in [6.07, 6.45) is 0.552. The van der Waals surface area contributed by atoms with Crippen LogP contribution in [-0.4, -0.2) is 39.8 Å². The van der Waals surface area contributed by atoms with Crippen molar-refractivity contribution >= 4 is 27.8 Å². The van der Waals surface area contributed by atoms with E-state index in [0.717, 1.165) is 0 Å². The van der Waals surface area contributed by atoms with E-state index in [1.54, 1.807) is 42.5 Å². The van der Waals surface area contributed by atoms with Crippen molar-refractivity contribution in [2.45, 2.75) is 24.3 Å². The molecule has 0 saturated heterocycles. The van der Waals surface area contributed by atoms with Crippen molar-refractivity contribution < 1.29 is 27.5 Å². The van der Waals surface area contributed by atoms with Crippen molar-refractivity contribution in [1.29, 1.82) is 0 Å². The number of carbonyl (C=O) groups excluding carboxylic acids is 2. The number of hydrogen-bond donors (Lipinski definition) is 1. The minimum atomic E-state index is -3.56. The molecule has 0 aliphatic carbocycles. The number of benzene rings is 2. The number of nitrogens with zero attached hydrogens (tertiary/aromatic N) is 1. The third-order valence-electron chi connectivity index (χ3n) is 4.22. The number of carbonyl (C=O) groups is 2. The standard InChI is InChI=1S/C20H20N2O6S/c1-27-20(24)15-7-4-6-14(12-15)13-28-18(23)10-5-11-21-19-16-8-2-3-9-17(16)29(25,26)22-19/h2-4,6-9,12H,5,10-11,13H2,1H3,(H,21,22). The van der Waals surface area contributed by atoms with Crippen molar-refractivity contribution in [3.63, 3.8) is 0 Å². The second kappa shape index (κ2) is 8.87. The molecule has 1 heterocycles. The van der Waals surface area contributed by atoms with Crippen LogP contribution in [0.3, 0.4) is 0 Å². The lowest BCUT2D eigenvalue weighted by molar-refractivity contribution is -0.145. The maximum Gasteiger partial charge on any atom is 0.337 e. The lowest BCUT2D eigenvalue weighted by Gasteiger charge is -2.06. The van der Waals surface area contributed by atoms with Crippen molar-refractivity contribution in [2.24, 2.45) is 4.99 Å². The number of esters is 2. The van der Waals surface area contributed by atoms with Crippen LogP contribution in [0.1, 0.15) is 34.3 Å². The first kappa shape index (κ1) is 20.5. The minimum absolute atomic E-state index is 0.0470. The highest BCUT2D eigenvalue weighted by Gasteiger charge is 2.29. The van der Waals surface area contributed by atoms with Crippen LogP contribution in [0.5, 0.6) is 0 Å². The van der Waals surface area contributed by atoms with E-state index in [4.69, 9.17) is 4.74 Å². The van der Waals surface area contributed by atoms with E-state index in [1.165, 1.54) is 13.2 Å². The molecular weight excluding hydrogens is 396 g/mol. The first-order valence-corrected chi connectivity index (χ1v) is 10.4. The Morgan fingerprint density at radius 3 is 2.69 bits per heavy atom. The van der Waals surface area contributed by atoms with E-state index in [9.17, 15) is 18.0 Å². The van der Waals surface area contributed by atoms with Gasteiger partial charge < -0.3 is 9.47 Å². The normalized spacial score (nSPS) is 15.4. The molecule has 0 spiro atoms. The topological polar surface area (TPSA) is 111 Å². The molecule has 0 radical (unpaired) electrons. The van der Waals surface area contributed by atoms with Crippen LogP contribution in [0, 0.1) is 0 Å². The van der Waals surface area contributed by atoms with Gasteiger partial charge in [0, 0.05) is 18.5 Å². The van der Waals surface area contributed by atoms with Crippen LogP contribution in [0.4, 0.5) is 0 Å². The van der Waals surface area contributed by atoms with E-state index >= 15 is 0 Å². The van der Waals surface area contributed by atoms with Crippen LogP contribution < -0.4 is 4.72 Å². The molecule has 2 aromatic rings. The molecular formula is C20H20N2O6S. The Morgan fingerprint density at radius 1 is 1.10 bits per heavy atom. The number of rotatable bonds is 7. The molecule has 1 N–H and O–H groups in total. The summed E-state index contributed by atoms with van der Waals surface area (Å²) in [5, 5.41) is 0. The Bertz CT molecular complexity index is 1060. The number of fused-ring (bicyclic) bond motifs is 1. The zero-order chi connectivity index (χ0) is 20.9. The van der Waals surface area contributed by atoms with Crippen molar-refractivity contribution in [3.8, 4) is 0 Å². The van der Waals surface area contributed by atoms with Crippen LogP contribution in [-0.2, 0) is 30.9 Å². The molecule has 1 aliphatic heterocycles. The van der Waals surface area contributed by atoms with Gasteiger partial charge in [-0.05, 0) is 36.2 Å². The Hall–Kier alpha value is -3.20. The predicted molar refractivity (Wildman–Crippen MR) is 105 cm³/mol. The quantitative estimate of drug-likeness (QED) is 0.546. The molecule has 152 valence electrons. The lowest BCUT2D eigenvalue weighted by atomic mass is 10.1. The molecule has 8 nitrogen and oxygen atoms in total. The number of sulfonamides is 1. The predicted octanol–water partition coefficient (Wildman–Crippen LogP) is 2.04. The molecule has 0 amide bonds. The fourth-order valence-electron chi connectivity index (χ4n) is 2.81. The first-order valence-electron chi connectivity index (χ1n) is 8.90. The van der Waals surface area contributed by atoms with Gasteiger partial charge in [0.1, 0.15) is 12.4 Å². The molecule has 0 saturated carbocycles. The SMILES string of the molecule is COC(=O)c1cccc(COC(=O)CCCN=C2NS(=O)(=O)c3ccccc32)c1. The number of aliphatic imine (C=N–C) groups is 1. The van der Waals surface area contributed by atoms with Crippen LogP contribution >= 0.6 is 0 Å². The Balaban J connectivity index is 1.48. The van der Waals surface area contributed by atoms with Crippen molar-refractivity contribution in [3.05, 3.63) is 65.2 Å². The largest absolute Gasteiger partial charge is 0.465 e. The summed E-state index contributed by atoms with van der Waals surface area (Å²) in [6.45, 7) is 0.324. The van der Waals surface area contributed by atoms with Crippen LogP contribution in [0.25, 0.3) is 0 Å². The number of nitrogens with one attached hydrogen (secondary N) is 1. The van der Waals surface area contributed by atoms with Crippen molar-refractivity contribution in [2.75, 3.05) is 13.7 Å². The maximum atomic E-state index is 12.0. The average molecular weight is 416 g/mol. The number of methoxy groups -OCH3 is 1. The van der Waals surface area contributed by atoms with E-state index < -0.39 is 22.0 Å². The molecule has 29 heavy (non-hydrogen) atoms. The number of amidine groups is 1. The summed E-state index contributed by atoms with van der Waals surface area (Å²) >= 11 is 0. The van der Waals surface area contributed by atoms with Gasteiger partial charge in [0.05, 0.1) is 17.6 Å². The lowest BCUT2D eigenvalue weighted by Crippen LogP contribution is -2.22. The second-order valence-corrected chi connectivity index (χ2v) is 7.94. The first-order chi connectivity index (χ1) is 13.9. The van der Waals surface area contributed by atoms with E-state index in [2.05, 4.69) is 14.5 Å². The minimum Gasteiger partial charge on any atom is -0.465 e. The van der Waals surface area contributed by atoms with Gasteiger partial charge in [-0.3, -0.25) is 14.5 Å². The zero-order valence-corrected chi connectivity index (χ0v) is 16.6. The third kappa shape index (κ3) is 5.00. The Morgan fingerprint density at radius 2 is 1.90 bits per heavy atom. The number of ether oxygens (including phenoxy) is 2.